The van der Waals surface area contributed by atoms with Gasteiger partial charge >= 0.3 is 6.03 Å². The lowest BCUT2D eigenvalue weighted by Crippen LogP contribution is -2.37. The molecule has 4 N–H and O–H groups in total. The molecule has 1 heterocycles. The molecule has 0 aromatic heterocycles. The summed E-state index contributed by atoms with van der Waals surface area (Å²) >= 11 is 1.15. The van der Waals surface area contributed by atoms with Gasteiger partial charge in [-0.15, -0.1) is 5.10 Å². The van der Waals surface area contributed by atoms with E-state index in [0.717, 1.165) is 30.3 Å². The zero-order valence-corrected chi connectivity index (χ0v) is 15.4. The molecule has 0 aromatic carbocycles. The summed E-state index contributed by atoms with van der Waals surface area (Å²) in [5.74, 6) is -0.273. The van der Waals surface area contributed by atoms with Crippen LogP contribution in [0.15, 0.2) is 10.2 Å². The highest BCUT2D eigenvalue weighted by Gasteiger charge is 2.60. The SMILES string of the molecule is CC1(C)[C@H]2CC[C@]1(C)/C(=N\N=C1\NC(=O)[C@@H](CC(=O)NC(N)=O)S1)C2. The van der Waals surface area contributed by atoms with Gasteiger partial charge in [-0.1, -0.05) is 32.5 Å². The molecule has 3 atom stereocenters. The molecule has 0 aromatic rings. The van der Waals surface area contributed by atoms with Gasteiger partial charge in [0.2, 0.25) is 11.8 Å². The highest BCUT2D eigenvalue weighted by atomic mass is 32.2. The van der Waals surface area contributed by atoms with E-state index in [0.29, 0.717) is 11.1 Å². The second-order valence-corrected chi connectivity index (χ2v) is 8.85. The van der Waals surface area contributed by atoms with E-state index in [-0.39, 0.29) is 23.2 Å². The Morgan fingerprint density at radius 3 is 2.64 bits per heavy atom. The van der Waals surface area contributed by atoms with Crippen LogP contribution >= 0.6 is 11.8 Å². The smallest absolute Gasteiger partial charge is 0.318 e. The van der Waals surface area contributed by atoms with Crippen LogP contribution in [0.3, 0.4) is 0 Å². The van der Waals surface area contributed by atoms with Gasteiger partial charge in [-0.3, -0.25) is 14.9 Å². The van der Waals surface area contributed by atoms with E-state index in [1.165, 1.54) is 6.42 Å². The van der Waals surface area contributed by atoms with Gasteiger partial charge in [0.25, 0.3) is 0 Å². The second kappa shape index (κ2) is 6.12. The van der Waals surface area contributed by atoms with Crippen molar-refractivity contribution in [3.63, 3.8) is 0 Å². The summed E-state index contributed by atoms with van der Waals surface area (Å²) in [4.78, 5) is 34.2. The van der Waals surface area contributed by atoms with E-state index >= 15 is 0 Å². The van der Waals surface area contributed by atoms with E-state index in [4.69, 9.17) is 5.73 Å². The lowest BCUT2D eigenvalue weighted by atomic mass is 9.70. The summed E-state index contributed by atoms with van der Waals surface area (Å²) in [6, 6.07) is -0.930. The van der Waals surface area contributed by atoms with E-state index in [9.17, 15) is 14.4 Å². The number of carbonyl (C=O) groups is 3. The van der Waals surface area contributed by atoms with Gasteiger partial charge in [0.15, 0.2) is 5.17 Å². The second-order valence-electron chi connectivity index (χ2n) is 7.66. The highest BCUT2D eigenvalue weighted by Crippen LogP contribution is 2.64. The number of hydrogen-bond donors (Lipinski definition) is 3. The molecule has 4 amide bonds. The first-order valence-corrected chi connectivity index (χ1v) is 9.23. The quantitative estimate of drug-likeness (QED) is 0.653. The monoisotopic (exact) mass is 365 g/mol. The average molecular weight is 365 g/mol. The zero-order chi connectivity index (χ0) is 18.4. The molecule has 25 heavy (non-hydrogen) atoms. The third kappa shape index (κ3) is 3.05. The number of imide groups is 1. The van der Waals surface area contributed by atoms with E-state index < -0.39 is 17.2 Å². The first-order chi connectivity index (χ1) is 11.6. The van der Waals surface area contributed by atoms with Gasteiger partial charge in [-0.2, -0.15) is 5.10 Å². The van der Waals surface area contributed by atoms with Gasteiger partial charge in [0.05, 0.1) is 0 Å². The van der Waals surface area contributed by atoms with Crippen LogP contribution in [0.4, 0.5) is 4.79 Å². The molecule has 8 nitrogen and oxygen atoms in total. The van der Waals surface area contributed by atoms with Crippen molar-refractivity contribution in [2.75, 3.05) is 0 Å². The molecule has 0 unspecified atom stereocenters. The van der Waals surface area contributed by atoms with E-state index in [2.05, 4.69) is 36.3 Å². The van der Waals surface area contributed by atoms with Crippen LogP contribution in [-0.2, 0) is 9.59 Å². The van der Waals surface area contributed by atoms with Crippen molar-refractivity contribution in [1.29, 1.82) is 0 Å². The molecular formula is C16H23N5O3S. The minimum atomic E-state index is -0.930. The Bertz CT molecular complexity index is 702. The molecule has 0 radical (unpaired) electrons. The minimum Gasteiger partial charge on any atom is -0.351 e. The largest absolute Gasteiger partial charge is 0.351 e. The molecule has 136 valence electrons. The van der Waals surface area contributed by atoms with Crippen molar-refractivity contribution >= 4 is 40.5 Å². The molecule has 0 spiro atoms. The average Bonchev–Trinajstić information content (AvgIpc) is 3.01. The number of amidine groups is 1. The topological polar surface area (TPSA) is 126 Å². The summed E-state index contributed by atoms with van der Waals surface area (Å²) in [6.45, 7) is 6.83. The molecule has 1 saturated heterocycles. The van der Waals surface area contributed by atoms with Crippen LogP contribution in [0.5, 0.6) is 0 Å². The summed E-state index contributed by atoms with van der Waals surface area (Å²) < 4.78 is 0. The molecule has 2 aliphatic carbocycles. The van der Waals surface area contributed by atoms with Crippen LogP contribution in [0.2, 0.25) is 0 Å². The summed E-state index contributed by atoms with van der Waals surface area (Å²) in [5.41, 5.74) is 6.25. The number of fused-ring (bicyclic) bond motifs is 2. The zero-order valence-electron chi connectivity index (χ0n) is 14.6. The Morgan fingerprint density at radius 1 is 1.36 bits per heavy atom. The first-order valence-electron chi connectivity index (χ1n) is 8.35. The predicted molar refractivity (Wildman–Crippen MR) is 96.0 cm³/mol. The Morgan fingerprint density at radius 2 is 2.08 bits per heavy atom. The molecule has 3 aliphatic rings. The van der Waals surface area contributed by atoms with Crippen molar-refractivity contribution in [2.45, 2.75) is 51.7 Å². The standard InChI is InChI=1S/C16H23N5O3S/c1-15(2)8-4-5-16(15,3)10(6-8)20-21-14-19-12(23)9(25-14)7-11(22)18-13(17)24/h8-9H,4-7H2,1-3H3,(H,19,21,23)(H3,17,18,22,24)/b20-10-/t8-,9+,16+/m0/s1. The first kappa shape index (κ1) is 17.9. The van der Waals surface area contributed by atoms with Crippen LogP contribution in [0.1, 0.15) is 46.5 Å². The lowest BCUT2D eigenvalue weighted by Gasteiger charge is -2.34. The summed E-state index contributed by atoms with van der Waals surface area (Å²) in [7, 11) is 0. The fraction of sp³-hybridized carbons (Fsp3) is 0.688. The van der Waals surface area contributed by atoms with Crippen molar-refractivity contribution < 1.29 is 14.4 Å². The van der Waals surface area contributed by atoms with Crippen LogP contribution in [-0.4, -0.2) is 34.0 Å². The number of urea groups is 1. The van der Waals surface area contributed by atoms with Gasteiger partial charge in [-0.05, 0) is 30.6 Å². The maximum atomic E-state index is 11.9. The third-order valence-corrected chi connectivity index (χ3v) is 7.26. The Hall–Kier alpha value is -1.90. The molecular weight excluding hydrogens is 342 g/mol. The van der Waals surface area contributed by atoms with Crippen molar-refractivity contribution in [2.24, 2.45) is 32.7 Å². The van der Waals surface area contributed by atoms with E-state index in [1.807, 2.05) is 5.32 Å². The Kier molecular flexibility index (Phi) is 4.38. The number of primary amides is 1. The maximum absolute atomic E-state index is 11.9. The van der Waals surface area contributed by atoms with Crippen molar-refractivity contribution in [3.8, 4) is 0 Å². The number of hydrogen-bond acceptors (Lipinski definition) is 6. The van der Waals surface area contributed by atoms with Crippen LogP contribution in [0, 0.1) is 16.7 Å². The van der Waals surface area contributed by atoms with Crippen LogP contribution < -0.4 is 16.4 Å². The number of nitrogens with two attached hydrogens (primary N) is 1. The van der Waals surface area contributed by atoms with Gasteiger partial charge in [0.1, 0.15) is 5.25 Å². The molecule has 2 bridgehead atoms. The molecule has 1 aliphatic heterocycles. The van der Waals surface area contributed by atoms with Gasteiger partial charge < -0.3 is 11.1 Å². The molecule has 2 saturated carbocycles. The Balaban J connectivity index is 1.67. The van der Waals surface area contributed by atoms with Crippen molar-refractivity contribution in [1.82, 2.24) is 10.6 Å². The van der Waals surface area contributed by atoms with Crippen LogP contribution in [0.25, 0.3) is 0 Å². The maximum Gasteiger partial charge on any atom is 0.318 e. The highest BCUT2D eigenvalue weighted by molar-refractivity contribution is 8.15. The number of nitrogens with one attached hydrogen (secondary N) is 2. The number of thioether (sulfide) groups is 1. The number of carbonyl (C=O) groups excluding carboxylic acids is 3. The normalized spacial score (nSPS) is 36.0. The number of nitrogens with zero attached hydrogens (tertiary/aromatic N) is 2. The fourth-order valence-electron chi connectivity index (χ4n) is 4.13. The van der Waals surface area contributed by atoms with Gasteiger partial charge in [0, 0.05) is 17.5 Å². The summed E-state index contributed by atoms with van der Waals surface area (Å²) in [6.07, 6.45) is 3.15. The predicted octanol–water partition coefficient (Wildman–Crippen LogP) is 1.36. The third-order valence-electron chi connectivity index (χ3n) is 6.18. The lowest BCUT2D eigenvalue weighted by molar-refractivity contribution is -0.124. The number of amides is 4. The Labute approximate surface area is 150 Å². The fourth-order valence-corrected chi connectivity index (χ4v) is 5.05. The van der Waals surface area contributed by atoms with Gasteiger partial charge in [-0.25, -0.2) is 4.79 Å². The molecule has 9 heteroatoms. The van der Waals surface area contributed by atoms with Crippen molar-refractivity contribution in [3.05, 3.63) is 0 Å². The number of rotatable bonds is 3. The minimum absolute atomic E-state index is 0.0514. The molecule has 3 rings (SSSR count). The summed E-state index contributed by atoms with van der Waals surface area (Å²) in [5, 5.41) is 13.0. The van der Waals surface area contributed by atoms with E-state index in [1.54, 1.807) is 0 Å². The molecule has 3 fully saturated rings.